The lowest BCUT2D eigenvalue weighted by atomic mass is 9.82. The number of rotatable bonds is 13. The molecule has 3 aromatic rings. The normalized spacial score (nSPS) is 14.7. The van der Waals surface area contributed by atoms with Gasteiger partial charge in [0.2, 0.25) is 0 Å². The van der Waals surface area contributed by atoms with E-state index in [0.717, 1.165) is 11.3 Å². The van der Waals surface area contributed by atoms with Gasteiger partial charge in [0.15, 0.2) is 5.60 Å². The number of esters is 1. The van der Waals surface area contributed by atoms with Crippen LogP contribution in [-0.2, 0) is 25.3 Å². The molecule has 0 bridgehead atoms. The number of carbonyl (C=O) groups excluding carboxylic acids is 1. The topological polar surface area (TPSA) is 54.0 Å². The highest BCUT2D eigenvalue weighted by atomic mass is 28.4. The minimum Gasteiger partial charge on any atom is -0.497 e. The Balaban J connectivity index is 2.01. The zero-order valence-corrected chi connectivity index (χ0v) is 26.5. The smallest absolute Gasteiger partial charge is 0.303 e. The van der Waals surface area contributed by atoms with Crippen LogP contribution in [0.15, 0.2) is 103 Å². The number of hydrogen-bond donors (Lipinski definition) is 0. The fourth-order valence-electron chi connectivity index (χ4n) is 5.37. The van der Waals surface area contributed by atoms with Gasteiger partial charge in [0.05, 0.1) is 13.7 Å². The highest BCUT2D eigenvalue weighted by Crippen LogP contribution is 2.39. The van der Waals surface area contributed by atoms with Crippen LogP contribution in [-0.4, -0.2) is 39.2 Å². The lowest BCUT2D eigenvalue weighted by molar-refractivity contribution is -0.192. The van der Waals surface area contributed by atoms with Gasteiger partial charge in [-0.2, -0.15) is 0 Å². The summed E-state index contributed by atoms with van der Waals surface area (Å²) in [5.41, 5.74) is 1.70. The van der Waals surface area contributed by atoms with Gasteiger partial charge in [0, 0.05) is 26.0 Å². The maximum Gasteiger partial charge on any atom is 0.303 e. The van der Waals surface area contributed by atoms with Crippen LogP contribution in [0.25, 0.3) is 0 Å². The summed E-state index contributed by atoms with van der Waals surface area (Å²) in [5, 5.41) is 2.23. The van der Waals surface area contributed by atoms with Crippen LogP contribution < -0.4 is 15.1 Å². The van der Waals surface area contributed by atoms with Crippen molar-refractivity contribution in [2.45, 2.75) is 70.8 Å². The third-order valence-electron chi connectivity index (χ3n) is 7.81. The molecule has 2 atom stereocenters. The number of benzene rings is 3. The van der Waals surface area contributed by atoms with Crippen LogP contribution in [0, 0.1) is 0 Å². The lowest BCUT2D eigenvalue weighted by Gasteiger charge is -2.46. The molecule has 0 aliphatic rings. The number of methoxy groups -OCH3 is 1. The molecule has 0 spiro atoms. The van der Waals surface area contributed by atoms with Crippen molar-refractivity contribution in [3.63, 3.8) is 0 Å². The van der Waals surface area contributed by atoms with E-state index in [4.69, 9.17) is 18.6 Å². The van der Waals surface area contributed by atoms with Crippen molar-refractivity contribution in [2.75, 3.05) is 13.7 Å². The largest absolute Gasteiger partial charge is 0.497 e. The van der Waals surface area contributed by atoms with E-state index in [1.165, 1.54) is 17.3 Å². The number of carbonyl (C=O) groups is 1. The van der Waals surface area contributed by atoms with Gasteiger partial charge >= 0.3 is 5.97 Å². The molecule has 3 aromatic carbocycles. The minimum atomic E-state index is -2.77. The molecule has 6 heteroatoms. The molecular weight excluding hydrogens is 528 g/mol. The molecule has 0 aliphatic carbocycles. The average Bonchev–Trinajstić information content (AvgIpc) is 2.94. The first-order chi connectivity index (χ1) is 19.4. The SMILES string of the molecule is C=C=C[C@@](C)(OC(C)=O)[C@@](C)(CCO[Si](c1ccccc1)(c1ccccc1)C(C)(C)C)OCc1ccc(OC)cc1. The van der Waals surface area contributed by atoms with Crippen LogP contribution in [0.4, 0.5) is 0 Å². The van der Waals surface area contributed by atoms with Gasteiger partial charge in [-0.1, -0.05) is 100 Å². The molecule has 0 saturated carbocycles. The molecule has 218 valence electrons. The molecule has 0 fully saturated rings. The summed E-state index contributed by atoms with van der Waals surface area (Å²) in [6.45, 7) is 16.4. The van der Waals surface area contributed by atoms with Crippen LogP contribution in [0.5, 0.6) is 5.75 Å². The summed E-state index contributed by atoms with van der Waals surface area (Å²) in [5.74, 6) is 0.362. The summed E-state index contributed by atoms with van der Waals surface area (Å²) in [7, 11) is -1.13. The van der Waals surface area contributed by atoms with Gasteiger partial charge in [-0.3, -0.25) is 4.79 Å². The summed E-state index contributed by atoms with van der Waals surface area (Å²) in [6.07, 6.45) is 2.13. The Morgan fingerprint density at radius 3 is 1.85 bits per heavy atom. The van der Waals surface area contributed by atoms with E-state index in [1.54, 1.807) is 13.2 Å². The quantitative estimate of drug-likeness (QED) is 0.131. The maximum atomic E-state index is 12.3. The Hall–Kier alpha value is -3.41. The second-order valence-corrected chi connectivity index (χ2v) is 16.0. The van der Waals surface area contributed by atoms with Crippen LogP contribution in [0.2, 0.25) is 5.04 Å². The van der Waals surface area contributed by atoms with E-state index >= 15 is 0 Å². The van der Waals surface area contributed by atoms with Gasteiger partial charge in [-0.25, -0.2) is 0 Å². The van der Waals surface area contributed by atoms with Crippen molar-refractivity contribution in [3.8, 4) is 5.75 Å². The number of ether oxygens (including phenoxy) is 3. The first-order valence-corrected chi connectivity index (χ1v) is 15.9. The molecule has 0 unspecified atom stereocenters. The van der Waals surface area contributed by atoms with E-state index in [-0.39, 0.29) is 5.04 Å². The summed E-state index contributed by atoms with van der Waals surface area (Å²) < 4.78 is 25.0. The van der Waals surface area contributed by atoms with Gasteiger partial charge in [-0.05, 0) is 47.0 Å². The first kappa shape index (κ1) is 32.1. The molecule has 0 saturated heterocycles. The molecule has 0 N–H and O–H groups in total. The monoisotopic (exact) mass is 572 g/mol. The van der Waals surface area contributed by atoms with Gasteiger partial charge in [0.1, 0.15) is 11.4 Å². The van der Waals surface area contributed by atoms with E-state index in [9.17, 15) is 4.79 Å². The van der Waals surface area contributed by atoms with Gasteiger partial charge < -0.3 is 18.6 Å². The van der Waals surface area contributed by atoms with Gasteiger partial charge in [0.25, 0.3) is 8.32 Å². The number of hydrogen-bond acceptors (Lipinski definition) is 5. The Morgan fingerprint density at radius 2 is 1.41 bits per heavy atom. The molecule has 0 aliphatic heterocycles. The Bertz CT molecular complexity index is 1270. The van der Waals surface area contributed by atoms with E-state index in [0.29, 0.717) is 19.6 Å². The second kappa shape index (κ2) is 13.5. The minimum absolute atomic E-state index is 0.170. The third-order valence-corrected chi connectivity index (χ3v) is 12.9. The molecule has 0 aromatic heterocycles. The predicted octanol–water partition coefficient (Wildman–Crippen LogP) is 6.60. The van der Waals surface area contributed by atoms with Crippen molar-refractivity contribution >= 4 is 24.7 Å². The highest BCUT2D eigenvalue weighted by Gasteiger charge is 2.52. The van der Waals surface area contributed by atoms with Crippen LogP contribution in [0.1, 0.15) is 53.5 Å². The average molecular weight is 573 g/mol. The Labute approximate surface area is 246 Å². The highest BCUT2D eigenvalue weighted by molar-refractivity contribution is 6.99. The third kappa shape index (κ3) is 7.27. The zero-order valence-electron chi connectivity index (χ0n) is 25.5. The molecule has 5 nitrogen and oxygen atoms in total. The van der Waals surface area contributed by atoms with Crippen molar-refractivity contribution in [1.29, 1.82) is 0 Å². The van der Waals surface area contributed by atoms with Crippen molar-refractivity contribution in [1.82, 2.24) is 0 Å². The predicted molar refractivity (Wildman–Crippen MR) is 168 cm³/mol. The van der Waals surface area contributed by atoms with E-state index < -0.39 is 25.5 Å². The van der Waals surface area contributed by atoms with Crippen molar-refractivity contribution < 1.29 is 23.4 Å². The molecule has 0 radical (unpaired) electrons. The fourth-order valence-corrected chi connectivity index (χ4v) is 9.94. The summed E-state index contributed by atoms with van der Waals surface area (Å²) in [4.78, 5) is 12.3. The lowest BCUT2D eigenvalue weighted by Crippen LogP contribution is -2.67. The maximum absolute atomic E-state index is 12.3. The Morgan fingerprint density at radius 1 is 0.878 bits per heavy atom. The Kier molecular flexibility index (Phi) is 10.6. The van der Waals surface area contributed by atoms with Crippen LogP contribution in [0.3, 0.4) is 0 Å². The van der Waals surface area contributed by atoms with E-state index in [2.05, 4.69) is 81.6 Å². The summed E-state index contributed by atoms with van der Waals surface area (Å²) in [6, 6.07) is 28.8. The molecular formula is C35H44O5Si. The van der Waals surface area contributed by atoms with Gasteiger partial charge in [-0.15, -0.1) is 5.73 Å². The molecule has 41 heavy (non-hydrogen) atoms. The van der Waals surface area contributed by atoms with Crippen LogP contribution >= 0.6 is 0 Å². The molecule has 0 amide bonds. The second-order valence-electron chi connectivity index (χ2n) is 11.7. The summed E-state index contributed by atoms with van der Waals surface area (Å²) >= 11 is 0. The first-order valence-electron chi connectivity index (χ1n) is 14.0. The molecule has 3 rings (SSSR count). The van der Waals surface area contributed by atoms with Crippen molar-refractivity contribution in [2.24, 2.45) is 0 Å². The fraction of sp³-hybridized carbons (Fsp3) is 0.371. The standard InChI is InChI=1S/C35H44O5Si/c1-9-24-35(7,40-28(2)36)34(6,38-27-29-20-22-30(37-8)23-21-29)25-26-39-41(33(3,4)5,31-16-12-10-13-17-31)32-18-14-11-15-19-32/h10-24H,1,25-27H2,2-8H3/t34-,35-/m1/s1. The van der Waals surface area contributed by atoms with E-state index in [1.807, 2.05) is 50.2 Å². The van der Waals surface area contributed by atoms with Crippen molar-refractivity contribution in [3.05, 3.63) is 109 Å². The zero-order chi connectivity index (χ0) is 30.2. The molecule has 0 heterocycles.